The summed E-state index contributed by atoms with van der Waals surface area (Å²) >= 11 is 0. The number of nitrogens with zero attached hydrogens (tertiary/aromatic N) is 1. The van der Waals surface area contributed by atoms with Crippen molar-refractivity contribution in [3.8, 4) is 0 Å². The first-order chi connectivity index (χ1) is 11.7. The van der Waals surface area contributed by atoms with E-state index >= 15 is 0 Å². The zero-order chi connectivity index (χ0) is 16.5. The van der Waals surface area contributed by atoms with Crippen LogP contribution < -0.4 is 5.32 Å². The topological polar surface area (TPSA) is 55.1 Å². The van der Waals surface area contributed by atoms with Crippen molar-refractivity contribution in [1.29, 1.82) is 0 Å². The number of amides is 1. The lowest BCUT2D eigenvalue weighted by Gasteiger charge is -2.11. The third-order valence-corrected chi connectivity index (χ3v) is 4.04. The molecule has 0 saturated carbocycles. The summed E-state index contributed by atoms with van der Waals surface area (Å²) in [5.41, 5.74) is 2.13. The fraction of sp³-hybridized carbons (Fsp3) is 0.100. The van der Waals surface area contributed by atoms with Gasteiger partial charge in [-0.2, -0.15) is 0 Å². The van der Waals surface area contributed by atoms with Gasteiger partial charge in [0.05, 0.1) is 0 Å². The number of nitrogens with one attached hydrogen (secondary N) is 1. The molecule has 0 aliphatic rings. The molecular formula is C20H16N2O2. The van der Waals surface area contributed by atoms with Crippen molar-refractivity contribution in [3.05, 3.63) is 78.2 Å². The number of benzene rings is 3. The lowest BCUT2D eigenvalue weighted by Crippen LogP contribution is -2.26. The molecule has 4 nitrogen and oxygen atoms in total. The number of carbonyl (C=O) groups is 1. The molecule has 3 aromatic carbocycles. The smallest absolute Gasteiger partial charge is 0.251 e. The Morgan fingerprint density at radius 3 is 2.58 bits per heavy atom. The van der Waals surface area contributed by atoms with Gasteiger partial charge in [0.1, 0.15) is 11.6 Å². The predicted octanol–water partition coefficient (Wildman–Crippen LogP) is 4.47. The lowest BCUT2D eigenvalue weighted by molar-refractivity contribution is 0.0934. The molecule has 1 N–H and O–H groups in total. The van der Waals surface area contributed by atoms with Crippen LogP contribution in [0.5, 0.6) is 0 Å². The predicted molar refractivity (Wildman–Crippen MR) is 93.8 cm³/mol. The Bertz CT molecular complexity index is 1000. The molecule has 0 fully saturated rings. The molecule has 24 heavy (non-hydrogen) atoms. The van der Waals surface area contributed by atoms with Crippen molar-refractivity contribution in [2.45, 2.75) is 13.0 Å². The molecule has 1 atom stereocenters. The lowest BCUT2D eigenvalue weighted by atomic mass is 10.1. The van der Waals surface area contributed by atoms with Gasteiger partial charge in [0, 0.05) is 5.56 Å². The van der Waals surface area contributed by atoms with Crippen LogP contribution in [0.3, 0.4) is 0 Å². The van der Waals surface area contributed by atoms with Gasteiger partial charge in [0.2, 0.25) is 5.89 Å². The summed E-state index contributed by atoms with van der Waals surface area (Å²) in [6, 6.07) is 20.9. The molecule has 1 aromatic heterocycles. The van der Waals surface area contributed by atoms with E-state index < -0.39 is 0 Å². The fourth-order valence-electron chi connectivity index (χ4n) is 2.75. The minimum absolute atomic E-state index is 0.143. The number of fused-ring (bicyclic) bond motifs is 2. The first kappa shape index (κ1) is 14.5. The van der Waals surface area contributed by atoms with E-state index in [1.165, 1.54) is 0 Å². The van der Waals surface area contributed by atoms with E-state index in [2.05, 4.69) is 10.3 Å². The first-order valence-electron chi connectivity index (χ1n) is 7.86. The average molecular weight is 316 g/mol. The quantitative estimate of drug-likeness (QED) is 0.606. The third-order valence-electron chi connectivity index (χ3n) is 4.04. The van der Waals surface area contributed by atoms with Crippen LogP contribution >= 0.6 is 0 Å². The maximum Gasteiger partial charge on any atom is 0.251 e. The van der Waals surface area contributed by atoms with Gasteiger partial charge in [0.15, 0.2) is 5.58 Å². The van der Waals surface area contributed by atoms with Crippen LogP contribution in [-0.4, -0.2) is 10.9 Å². The number of para-hydroxylation sites is 2. The minimum Gasteiger partial charge on any atom is -0.438 e. The van der Waals surface area contributed by atoms with Crippen molar-refractivity contribution in [3.63, 3.8) is 0 Å². The molecule has 0 spiro atoms. The Hall–Kier alpha value is -3.14. The Morgan fingerprint density at radius 2 is 1.75 bits per heavy atom. The summed E-state index contributed by atoms with van der Waals surface area (Å²) in [6.07, 6.45) is 0. The standard InChI is InChI=1S/C20H16N2O2/c1-13(20-22-17-8-4-5-9-18(17)24-20)21-19(23)16-11-10-14-6-2-3-7-15(14)12-16/h2-13H,1H3,(H,21,23). The highest BCUT2D eigenvalue weighted by Crippen LogP contribution is 2.21. The van der Waals surface area contributed by atoms with Gasteiger partial charge in [-0.1, -0.05) is 42.5 Å². The molecule has 4 rings (SSSR count). The molecule has 0 aliphatic carbocycles. The first-order valence-corrected chi connectivity index (χ1v) is 7.86. The number of carbonyl (C=O) groups excluding carboxylic acids is 1. The summed E-state index contributed by atoms with van der Waals surface area (Å²) < 4.78 is 5.71. The second-order valence-corrected chi connectivity index (χ2v) is 5.78. The summed E-state index contributed by atoms with van der Waals surface area (Å²) in [5, 5.41) is 5.10. The fourth-order valence-corrected chi connectivity index (χ4v) is 2.75. The van der Waals surface area contributed by atoms with Crippen LogP contribution in [0.15, 0.2) is 71.1 Å². The van der Waals surface area contributed by atoms with Gasteiger partial charge < -0.3 is 9.73 Å². The van der Waals surface area contributed by atoms with Crippen LogP contribution in [0, 0.1) is 0 Å². The molecule has 0 saturated heterocycles. The van der Waals surface area contributed by atoms with Gasteiger partial charge in [-0.05, 0) is 42.0 Å². The zero-order valence-corrected chi connectivity index (χ0v) is 13.2. The highest BCUT2D eigenvalue weighted by Gasteiger charge is 2.16. The Morgan fingerprint density at radius 1 is 1.00 bits per heavy atom. The van der Waals surface area contributed by atoms with E-state index in [1.807, 2.05) is 73.7 Å². The van der Waals surface area contributed by atoms with Gasteiger partial charge in [-0.15, -0.1) is 0 Å². The van der Waals surface area contributed by atoms with Crippen LogP contribution in [0.4, 0.5) is 0 Å². The van der Waals surface area contributed by atoms with Crippen molar-refractivity contribution >= 4 is 27.8 Å². The Balaban J connectivity index is 1.57. The van der Waals surface area contributed by atoms with E-state index in [0.29, 0.717) is 11.5 Å². The average Bonchev–Trinajstić information content (AvgIpc) is 3.05. The molecule has 4 aromatic rings. The number of aromatic nitrogens is 1. The van der Waals surface area contributed by atoms with Gasteiger partial charge in [0.25, 0.3) is 5.91 Å². The molecular weight excluding hydrogens is 300 g/mol. The summed E-state index contributed by atoms with van der Waals surface area (Å²) in [6.45, 7) is 1.86. The van der Waals surface area contributed by atoms with Gasteiger partial charge in [-0.25, -0.2) is 4.98 Å². The number of oxazole rings is 1. The van der Waals surface area contributed by atoms with Crippen molar-refractivity contribution in [2.75, 3.05) is 0 Å². The van der Waals surface area contributed by atoms with Crippen LogP contribution in [0.25, 0.3) is 21.9 Å². The van der Waals surface area contributed by atoms with E-state index in [1.54, 1.807) is 0 Å². The monoisotopic (exact) mass is 316 g/mol. The maximum absolute atomic E-state index is 12.5. The molecule has 118 valence electrons. The highest BCUT2D eigenvalue weighted by molar-refractivity contribution is 5.98. The van der Waals surface area contributed by atoms with Gasteiger partial charge in [-0.3, -0.25) is 4.79 Å². The number of hydrogen-bond donors (Lipinski definition) is 1. The highest BCUT2D eigenvalue weighted by atomic mass is 16.3. The molecule has 4 heteroatoms. The minimum atomic E-state index is -0.309. The van der Waals surface area contributed by atoms with Crippen LogP contribution in [-0.2, 0) is 0 Å². The zero-order valence-electron chi connectivity index (χ0n) is 13.2. The van der Waals surface area contributed by atoms with E-state index in [4.69, 9.17) is 4.42 Å². The number of hydrogen-bond acceptors (Lipinski definition) is 3. The number of rotatable bonds is 3. The van der Waals surface area contributed by atoms with Crippen molar-refractivity contribution in [2.24, 2.45) is 0 Å². The second-order valence-electron chi connectivity index (χ2n) is 5.78. The third kappa shape index (κ3) is 2.63. The second kappa shape index (κ2) is 5.81. The van der Waals surface area contributed by atoms with E-state index in [-0.39, 0.29) is 11.9 Å². The summed E-state index contributed by atoms with van der Waals surface area (Å²) in [4.78, 5) is 16.9. The molecule has 0 bridgehead atoms. The molecule has 1 unspecified atom stereocenters. The Labute approximate surface area is 139 Å². The summed E-state index contributed by atoms with van der Waals surface area (Å²) in [5.74, 6) is 0.362. The maximum atomic E-state index is 12.5. The Kier molecular flexibility index (Phi) is 3.50. The normalized spacial score (nSPS) is 12.4. The van der Waals surface area contributed by atoms with Crippen LogP contribution in [0.1, 0.15) is 29.2 Å². The van der Waals surface area contributed by atoms with Crippen molar-refractivity contribution < 1.29 is 9.21 Å². The molecule has 1 heterocycles. The van der Waals surface area contributed by atoms with Gasteiger partial charge >= 0.3 is 0 Å². The molecule has 0 radical (unpaired) electrons. The molecule has 1 amide bonds. The van der Waals surface area contributed by atoms with Crippen molar-refractivity contribution in [1.82, 2.24) is 10.3 Å². The molecule has 0 aliphatic heterocycles. The summed E-state index contributed by atoms with van der Waals surface area (Å²) in [7, 11) is 0. The SMILES string of the molecule is CC(NC(=O)c1ccc2ccccc2c1)c1nc2ccccc2o1. The largest absolute Gasteiger partial charge is 0.438 e. The van der Waals surface area contributed by atoms with E-state index in [9.17, 15) is 4.79 Å². The van der Waals surface area contributed by atoms with E-state index in [0.717, 1.165) is 21.9 Å². The van der Waals surface area contributed by atoms with Crippen LogP contribution in [0.2, 0.25) is 0 Å².